The average Bonchev–Trinajstić information content (AvgIpc) is 2.40. The van der Waals surface area contributed by atoms with Crippen molar-refractivity contribution in [3.63, 3.8) is 0 Å². The lowest BCUT2D eigenvalue weighted by Crippen LogP contribution is -2.41. The van der Waals surface area contributed by atoms with E-state index in [2.05, 4.69) is 0 Å². The summed E-state index contributed by atoms with van der Waals surface area (Å²) in [6, 6.07) is 7.20. The van der Waals surface area contributed by atoms with Crippen LogP contribution in [0, 0.1) is 0 Å². The minimum absolute atomic E-state index is 0.0156. The predicted octanol–water partition coefficient (Wildman–Crippen LogP) is 1.48. The lowest BCUT2D eigenvalue weighted by molar-refractivity contribution is -0.163. The third-order valence-corrected chi connectivity index (χ3v) is 2.88. The van der Waals surface area contributed by atoms with Gasteiger partial charge in [0.1, 0.15) is 5.75 Å². The van der Waals surface area contributed by atoms with E-state index in [0.29, 0.717) is 6.42 Å². The molecule has 2 N–H and O–H groups in total. The number of methoxy groups -OCH3 is 1. The van der Waals surface area contributed by atoms with Crippen LogP contribution >= 0.6 is 0 Å². The maximum atomic E-state index is 11.3. The summed E-state index contributed by atoms with van der Waals surface area (Å²) in [5.74, 6) is -0.289. The van der Waals surface area contributed by atoms with Crippen LogP contribution in [0.2, 0.25) is 0 Å². The van der Waals surface area contributed by atoms with Crippen LogP contribution in [-0.4, -0.2) is 42.1 Å². The SMILES string of the molecule is COc1ccc(CC(C)(OCCCO)C(=O)O)cc1. The lowest BCUT2D eigenvalue weighted by Gasteiger charge is -2.25. The van der Waals surface area contributed by atoms with E-state index in [9.17, 15) is 9.90 Å². The van der Waals surface area contributed by atoms with Gasteiger partial charge in [0, 0.05) is 13.0 Å². The van der Waals surface area contributed by atoms with E-state index in [1.165, 1.54) is 6.92 Å². The average molecular weight is 268 g/mol. The van der Waals surface area contributed by atoms with Gasteiger partial charge in [0.2, 0.25) is 0 Å². The van der Waals surface area contributed by atoms with Gasteiger partial charge in [-0.25, -0.2) is 4.79 Å². The van der Waals surface area contributed by atoms with Crippen molar-refractivity contribution in [3.05, 3.63) is 29.8 Å². The summed E-state index contributed by atoms with van der Waals surface area (Å²) in [5.41, 5.74) is -0.432. The van der Waals surface area contributed by atoms with Crippen molar-refractivity contribution >= 4 is 5.97 Å². The normalized spacial score (nSPS) is 13.8. The molecule has 0 bridgehead atoms. The maximum Gasteiger partial charge on any atom is 0.336 e. The van der Waals surface area contributed by atoms with E-state index in [-0.39, 0.29) is 19.6 Å². The van der Waals surface area contributed by atoms with Gasteiger partial charge in [-0.3, -0.25) is 0 Å². The Morgan fingerprint density at radius 2 is 1.95 bits per heavy atom. The number of aliphatic hydroxyl groups is 1. The van der Waals surface area contributed by atoms with Gasteiger partial charge >= 0.3 is 5.97 Å². The Hall–Kier alpha value is -1.59. The van der Waals surface area contributed by atoms with Crippen molar-refractivity contribution in [1.82, 2.24) is 0 Å². The molecule has 1 aromatic carbocycles. The van der Waals surface area contributed by atoms with Crippen LogP contribution < -0.4 is 4.74 Å². The summed E-state index contributed by atoms with van der Waals surface area (Å²) in [6.07, 6.45) is 0.684. The lowest BCUT2D eigenvalue weighted by atomic mass is 9.96. The number of ether oxygens (including phenoxy) is 2. The summed E-state index contributed by atoms with van der Waals surface area (Å²) < 4.78 is 10.5. The third-order valence-electron chi connectivity index (χ3n) is 2.88. The van der Waals surface area contributed by atoms with Crippen LogP contribution in [0.25, 0.3) is 0 Å². The van der Waals surface area contributed by atoms with Crippen molar-refractivity contribution in [2.45, 2.75) is 25.4 Å². The fourth-order valence-electron chi connectivity index (χ4n) is 1.68. The number of carboxylic acid groups (broad SMARTS) is 1. The Morgan fingerprint density at radius 3 is 2.42 bits per heavy atom. The molecule has 0 radical (unpaired) electrons. The highest BCUT2D eigenvalue weighted by Gasteiger charge is 2.34. The Bertz CT molecular complexity index is 401. The van der Waals surface area contributed by atoms with Crippen molar-refractivity contribution in [3.8, 4) is 5.75 Å². The molecule has 0 saturated heterocycles. The van der Waals surface area contributed by atoms with Gasteiger partial charge in [0.15, 0.2) is 5.60 Å². The smallest absolute Gasteiger partial charge is 0.336 e. The molecule has 0 spiro atoms. The van der Waals surface area contributed by atoms with E-state index >= 15 is 0 Å². The highest BCUT2D eigenvalue weighted by atomic mass is 16.5. The minimum atomic E-state index is -1.29. The molecule has 0 aliphatic carbocycles. The molecule has 0 aliphatic heterocycles. The second-order valence-electron chi connectivity index (χ2n) is 4.49. The van der Waals surface area contributed by atoms with Gasteiger partial charge in [-0.05, 0) is 31.0 Å². The summed E-state index contributed by atoms with van der Waals surface area (Å²) in [4.78, 5) is 11.3. The molecule has 0 amide bonds. The van der Waals surface area contributed by atoms with Gasteiger partial charge in [-0.1, -0.05) is 12.1 Å². The number of hydrogen-bond donors (Lipinski definition) is 2. The van der Waals surface area contributed by atoms with Crippen LogP contribution in [0.1, 0.15) is 18.9 Å². The highest BCUT2D eigenvalue weighted by molar-refractivity contribution is 5.77. The molecule has 1 unspecified atom stereocenters. The Balaban J connectivity index is 2.73. The number of rotatable bonds is 8. The quantitative estimate of drug-likeness (QED) is 0.698. The van der Waals surface area contributed by atoms with Crippen LogP contribution in [0.15, 0.2) is 24.3 Å². The van der Waals surface area contributed by atoms with Gasteiger partial charge in [-0.15, -0.1) is 0 Å². The molecule has 1 atom stereocenters. The Kier molecular flexibility index (Phi) is 5.79. The van der Waals surface area contributed by atoms with Crippen LogP contribution in [0.4, 0.5) is 0 Å². The number of aliphatic carboxylic acids is 1. The zero-order valence-corrected chi connectivity index (χ0v) is 11.3. The topological polar surface area (TPSA) is 76.0 Å². The van der Waals surface area contributed by atoms with Crippen molar-refractivity contribution in [1.29, 1.82) is 0 Å². The van der Waals surface area contributed by atoms with Gasteiger partial charge in [0.25, 0.3) is 0 Å². The molecular weight excluding hydrogens is 248 g/mol. The standard InChI is InChI=1S/C14H20O5/c1-14(13(16)17,19-9-3-8-15)10-11-4-6-12(18-2)7-5-11/h4-7,15H,3,8-10H2,1-2H3,(H,16,17). The zero-order valence-electron chi connectivity index (χ0n) is 11.3. The fraction of sp³-hybridized carbons (Fsp3) is 0.500. The monoisotopic (exact) mass is 268 g/mol. The molecule has 0 aliphatic rings. The second-order valence-corrected chi connectivity index (χ2v) is 4.49. The van der Waals surface area contributed by atoms with E-state index in [0.717, 1.165) is 11.3 Å². The first kappa shape index (κ1) is 15.5. The first-order valence-electron chi connectivity index (χ1n) is 6.13. The minimum Gasteiger partial charge on any atom is -0.497 e. The van der Waals surface area contributed by atoms with Gasteiger partial charge < -0.3 is 19.7 Å². The molecular formula is C14H20O5. The van der Waals surface area contributed by atoms with Crippen LogP contribution in [0.3, 0.4) is 0 Å². The van der Waals surface area contributed by atoms with Crippen molar-refractivity contribution in [2.24, 2.45) is 0 Å². The molecule has 19 heavy (non-hydrogen) atoms. The number of benzene rings is 1. The first-order chi connectivity index (χ1) is 9.01. The number of carbonyl (C=O) groups is 1. The second kappa shape index (κ2) is 7.11. The van der Waals surface area contributed by atoms with Crippen molar-refractivity contribution < 1.29 is 24.5 Å². The molecule has 5 heteroatoms. The highest BCUT2D eigenvalue weighted by Crippen LogP contribution is 2.20. The van der Waals surface area contributed by atoms with E-state index in [1.807, 2.05) is 12.1 Å². The van der Waals surface area contributed by atoms with E-state index < -0.39 is 11.6 Å². The molecule has 1 aromatic rings. The number of hydrogen-bond acceptors (Lipinski definition) is 4. The molecule has 106 valence electrons. The summed E-state index contributed by atoms with van der Waals surface area (Å²) >= 11 is 0. The first-order valence-corrected chi connectivity index (χ1v) is 6.13. The number of carboxylic acids is 1. The summed E-state index contributed by atoms with van der Waals surface area (Å²) in [5, 5.41) is 18.0. The largest absolute Gasteiger partial charge is 0.497 e. The summed E-state index contributed by atoms with van der Waals surface area (Å²) in [6.45, 7) is 1.74. The van der Waals surface area contributed by atoms with E-state index in [1.54, 1.807) is 19.2 Å². The molecule has 0 fully saturated rings. The molecule has 0 saturated carbocycles. The third kappa shape index (κ3) is 4.54. The number of aliphatic hydroxyl groups excluding tert-OH is 1. The van der Waals surface area contributed by atoms with Crippen LogP contribution in [0.5, 0.6) is 5.75 Å². The molecule has 5 nitrogen and oxygen atoms in total. The van der Waals surface area contributed by atoms with Gasteiger partial charge in [-0.2, -0.15) is 0 Å². The predicted molar refractivity (Wildman–Crippen MR) is 70.4 cm³/mol. The van der Waals surface area contributed by atoms with E-state index in [4.69, 9.17) is 14.6 Å². The van der Waals surface area contributed by atoms with Crippen LogP contribution in [-0.2, 0) is 16.0 Å². The fourth-order valence-corrected chi connectivity index (χ4v) is 1.68. The molecule has 0 heterocycles. The Morgan fingerprint density at radius 1 is 1.32 bits per heavy atom. The van der Waals surface area contributed by atoms with Gasteiger partial charge in [0.05, 0.1) is 13.7 Å². The summed E-state index contributed by atoms with van der Waals surface area (Å²) in [7, 11) is 1.58. The molecule has 0 aromatic heterocycles. The molecule has 1 rings (SSSR count). The Labute approximate surface area is 112 Å². The van der Waals surface area contributed by atoms with Crippen molar-refractivity contribution in [2.75, 3.05) is 20.3 Å². The maximum absolute atomic E-state index is 11.3. The zero-order chi connectivity index (χ0) is 14.3.